The quantitative estimate of drug-likeness (QED) is 0.574. The van der Waals surface area contributed by atoms with E-state index >= 15 is 0 Å². The first-order valence-corrected chi connectivity index (χ1v) is 7.27. The molecule has 2 aromatic heterocycles. The second-order valence-electron chi connectivity index (χ2n) is 5.04. The molecule has 0 saturated carbocycles. The lowest BCUT2D eigenvalue weighted by atomic mass is 9.85. The van der Waals surface area contributed by atoms with Gasteiger partial charge in [0.15, 0.2) is 4.77 Å². The Morgan fingerprint density at radius 1 is 1.35 bits per heavy atom. The number of H-pyrrole nitrogens is 2. The van der Waals surface area contributed by atoms with Crippen molar-refractivity contribution in [2.24, 2.45) is 0 Å². The molecule has 0 amide bonds. The minimum absolute atomic E-state index is 0.204. The van der Waals surface area contributed by atoms with Gasteiger partial charge in [-0.3, -0.25) is 14.8 Å². The zero-order valence-corrected chi connectivity index (χ0v) is 13.3. The van der Waals surface area contributed by atoms with Crippen LogP contribution in [0, 0.1) is 4.77 Å². The molecule has 23 heavy (non-hydrogen) atoms. The van der Waals surface area contributed by atoms with Crippen LogP contribution in [0.2, 0.25) is 0 Å². The van der Waals surface area contributed by atoms with E-state index in [0.29, 0.717) is 28.3 Å². The number of aromatic nitrogens is 3. The number of nitrogens with one attached hydrogen (secondary N) is 3. The van der Waals surface area contributed by atoms with Crippen molar-refractivity contribution in [2.45, 2.75) is 12.8 Å². The Bertz CT molecular complexity index is 914. The lowest BCUT2D eigenvalue weighted by Crippen LogP contribution is -2.31. The Balaban J connectivity index is 2.33. The van der Waals surface area contributed by atoms with Crippen LogP contribution in [0.1, 0.15) is 24.1 Å². The lowest BCUT2D eigenvalue weighted by molar-refractivity contribution is -0.136. The van der Waals surface area contributed by atoms with Gasteiger partial charge in [-0.2, -0.15) is 0 Å². The number of ether oxygens (including phenoxy) is 1. The van der Waals surface area contributed by atoms with Crippen molar-refractivity contribution in [1.29, 1.82) is 0 Å². The molecular weight excluding hydrogens is 316 g/mol. The summed E-state index contributed by atoms with van der Waals surface area (Å²) in [6.45, 7) is 1.74. The highest BCUT2D eigenvalue weighted by Crippen LogP contribution is 2.38. The third kappa shape index (κ3) is 2.57. The fourth-order valence-electron chi connectivity index (χ4n) is 2.71. The number of carbonyl (C=O) groups excluding carboxylic acids is 1. The summed E-state index contributed by atoms with van der Waals surface area (Å²) in [4.78, 5) is 34.5. The maximum Gasteiger partial charge on any atom is 0.336 e. The molecule has 0 radical (unpaired) electrons. The molecule has 2 aromatic rings. The number of hydrogen-bond donors (Lipinski definition) is 3. The first kappa shape index (κ1) is 15.2. The van der Waals surface area contributed by atoms with E-state index in [9.17, 15) is 9.59 Å². The van der Waals surface area contributed by atoms with Gasteiger partial charge in [0.1, 0.15) is 5.82 Å². The molecule has 3 rings (SSSR count). The summed E-state index contributed by atoms with van der Waals surface area (Å²) in [5, 5.41) is 3.02. The number of fused-ring (bicyclic) bond motifs is 1. The maximum absolute atomic E-state index is 12.4. The van der Waals surface area contributed by atoms with Crippen LogP contribution in [-0.4, -0.2) is 28.0 Å². The van der Waals surface area contributed by atoms with Gasteiger partial charge in [0.25, 0.3) is 5.56 Å². The zero-order valence-electron chi connectivity index (χ0n) is 12.5. The van der Waals surface area contributed by atoms with Crippen LogP contribution in [0.15, 0.2) is 40.5 Å². The van der Waals surface area contributed by atoms with Crippen molar-refractivity contribution >= 4 is 24.0 Å². The van der Waals surface area contributed by atoms with E-state index in [0.717, 1.165) is 0 Å². The number of methoxy groups -OCH3 is 1. The molecule has 7 nitrogen and oxygen atoms in total. The second-order valence-corrected chi connectivity index (χ2v) is 5.45. The van der Waals surface area contributed by atoms with Crippen molar-refractivity contribution in [2.75, 3.05) is 12.4 Å². The molecule has 8 heteroatoms. The van der Waals surface area contributed by atoms with Crippen LogP contribution < -0.4 is 10.9 Å². The van der Waals surface area contributed by atoms with Crippen LogP contribution in [0.25, 0.3) is 0 Å². The minimum atomic E-state index is -0.643. The van der Waals surface area contributed by atoms with Crippen molar-refractivity contribution < 1.29 is 9.53 Å². The molecule has 118 valence electrons. The van der Waals surface area contributed by atoms with Crippen molar-refractivity contribution in [3.63, 3.8) is 0 Å². The molecule has 0 aromatic carbocycles. The molecule has 0 bridgehead atoms. The third-order valence-electron chi connectivity index (χ3n) is 3.66. The fourth-order valence-corrected chi connectivity index (χ4v) is 2.90. The molecule has 3 N–H and O–H groups in total. The van der Waals surface area contributed by atoms with Gasteiger partial charge in [-0.25, -0.2) is 4.79 Å². The monoisotopic (exact) mass is 330 g/mol. The van der Waals surface area contributed by atoms with Gasteiger partial charge in [-0.15, -0.1) is 0 Å². The standard InChI is InChI=1S/C15H14N4O3S/c1-7-9(14(21)22-2)10(8-5-3-4-6-16-8)11-12(17-7)18-15(23)19-13(11)20/h3-6,10H,1-2H3,(H3,17,18,19,20,23)/t10-/m1/s1. The molecule has 0 spiro atoms. The summed E-state index contributed by atoms with van der Waals surface area (Å²) in [7, 11) is 1.30. The molecule has 1 aliphatic heterocycles. The number of allylic oxidation sites excluding steroid dienone is 1. The summed E-state index contributed by atoms with van der Waals surface area (Å²) in [6, 6.07) is 5.33. The van der Waals surface area contributed by atoms with Gasteiger partial charge in [0, 0.05) is 11.9 Å². The number of nitrogens with zero attached hydrogens (tertiary/aromatic N) is 1. The number of carbonyl (C=O) groups is 1. The van der Waals surface area contributed by atoms with Crippen LogP contribution in [0.5, 0.6) is 0 Å². The molecule has 3 heterocycles. The van der Waals surface area contributed by atoms with E-state index < -0.39 is 11.9 Å². The number of hydrogen-bond acceptors (Lipinski definition) is 6. The van der Waals surface area contributed by atoms with E-state index in [2.05, 4.69) is 20.3 Å². The normalized spacial score (nSPS) is 16.5. The highest BCUT2D eigenvalue weighted by molar-refractivity contribution is 7.71. The molecule has 0 saturated heterocycles. The van der Waals surface area contributed by atoms with Gasteiger partial charge in [0.05, 0.1) is 29.9 Å². The first-order chi connectivity index (χ1) is 11.0. The molecule has 0 aliphatic carbocycles. The average molecular weight is 330 g/mol. The Morgan fingerprint density at radius 2 is 2.13 bits per heavy atom. The van der Waals surface area contributed by atoms with Crippen molar-refractivity contribution in [3.8, 4) is 0 Å². The summed E-state index contributed by atoms with van der Waals surface area (Å²) in [5.74, 6) is -0.701. The van der Waals surface area contributed by atoms with Crippen LogP contribution in [0.4, 0.5) is 5.82 Å². The Labute approximate surface area is 136 Å². The first-order valence-electron chi connectivity index (χ1n) is 6.86. The minimum Gasteiger partial charge on any atom is -0.466 e. The van der Waals surface area contributed by atoms with Gasteiger partial charge in [-0.1, -0.05) is 6.07 Å². The van der Waals surface area contributed by atoms with Crippen molar-refractivity contribution in [3.05, 3.63) is 62.0 Å². The second kappa shape index (κ2) is 5.81. The summed E-state index contributed by atoms with van der Waals surface area (Å²) < 4.78 is 5.09. The summed E-state index contributed by atoms with van der Waals surface area (Å²) >= 11 is 5.01. The number of aromatic amines is 2. The predicted molar refractivity (Wildman–Crippen MR) is 86.7 cm³/mol. The van der Waals surface area contributed by atoms with Gasteiger partial charge < -0.3 is 15.0 Å². The van der Waals surface area contributed by atoms with Crippen LogP contribution in [-0.2, 0) is 9.53 Å². The summed E-state index contributed by atoms with van der Waals surface area (Å²) in [5.41, 5.74) is 1.47. The fraction of sp³-hybridized carbons (Fsp3) is 0.200. The van der Waals surface area contributed by atoms with Gasteiger partial charge in [-0.05, 0) is 31.3 Å². The third-order valence-corrected chi connectivity index (χ3v) is 3.87. The molecule has 0 unspecified atom stereocenters. The zero-order chi connectivity index (χ0) is 16.6. The number of pyridine rings is 1. The van der Waals surface area contributed by atoms with Crippen molar-refractivity contribution in [1.82, 2.24) is 15.0 Å². The van der Waals surface area contributed by atoms with E-state index in [1.165, 1.54) is 7.11 Å². The molecule has 0 fully saturated rings. The molecule has 1 aliphatic rings. The predicted octanol–water partition coefficient (Wildman–Crippen LogP) is 1.83. The highest BCUT2D eigenvalue weighted by atomic mass is 32.1. The summed E-state index contributed by atoms with van der Waals surface area (Å²) in [6.07, 6.45) is 1.61. The number of esters is 1. The smallest absolute Gasteiger partial charge is 0.336 e. The average Bonchev–Trinajstić information content (AvgIpc) is 2.53. The Hall–Kier alpha value is -2.74. The van der Waals surface area contributed by atoms with Crippen LogP contribution in [0.3, 0.4) is 0 Å². The Morgan fingerprint density at radius 3 is 2.78 bits per heavy atom. The van der Waals surface area contributed by atoms with E-state index in [-0.39, 0.29) is 10.3 Å². The van der Waals surface area contributed by atoms with E-state index in [1.54, 1.807) is 31.3 Å². The molecule has 1 atom stereocenters. The van der Waals surface area contributed by atoms with Crippen LogP contribution >= 0.6 is 12.2 Å². The Kier molecular flexibility index (Phi) is 3.83. The van der Waals surface area contributed by atoms with Gasteiger partial charge in [0.2, 0.25) is 0 Å². The number of anilines is 1. The molecular formula is C15H14N4O3S. The van der Waals surface area contributed by atoms with Gasteiger partial charge >= 0.3 is 5.97 Å². The number of rotatable bonds is 2. The van der Waals surface area contributed by atoms with E-state index in [1.807, 2.05) is 0 Å². The lowest BCUT2D eigenvalue weighted by Gasteiger charge is -2.27. The highest BCUT2D eigenvalue weighted by Gasteiger charge is 2.36. The SMILES string of the molecule is COC(=O)C1=C(C)Nc2[nH]c(=S)[nH]c(=O)c2[C@@H]1c1ccccn1. The topological polar surface area (TPSA) is 99.9 Å². The maximum atomic E-state index is 12.4. The van der Waals surface area contributed by atoms with E-state index in [4.69, 9.17) is 17.0 Å². The largest absolute Gasteiger partial charge is 0.466 e.